The Kier molecular flexibility index (Phi) is 6.30. The number of nitrogens with zero attached hydrogens (tertiary/aromatic N) is 1. The number of halogens is 2. The van der Waals surface area contributed by atoms with Gasteiger partial charge in [0.2, 0.25) is 0 Å². The predicted octanol–water partition coefficient (Wildman–Crippen LogP) is 4.83. The topological polar surface area (TPSA) is 88.9 Å². The Morgan fingerprint density at radius 1 is 1.03 bits per heavy atom. The van der Waals surface area contributed by atoms with Gasteiger partial charge < -0.3 is 9.15 Å². The van der Waals surface area contributed by atoms with Crippen molar-refractivity contribution in [3.05, 3.63) is 93.4 Å². The molecule has 0 saturated carbocycles. The molecule has 162 valence electrons. The maximum atomic E-state index is 12.9. The quantitative estimate of drug-likeness (QED) is 0.411. The molecule has 32 heavy (non-hydrogen) atoms. The summed E-state index contributed by atoms with van der Waals surface area (Å²) in [6, 6.07) is 14.4. The minimum Gasteiger partial charge on any atom is -0.488 e. The summed E-state index contributed by atoms with van der Waals surface area (Å²) >= 11 is 12.1. The molecule has 0 unspecified atom stereocenters. The number of carbonyl (C=O) groups is 3. The molecule has 1 aliphatic rings. The molecule has 4 amide bonds. The van der Waals surface area contributed by atoms with Crippen molar-refractivity contribution >= 4 is 47.1 Å². The number of hydrogen-bond donors (Lipinski definition) is 1. The zero-order valence-corrected chi connectivity index (χ0v) is 18.0. The van der Waals surface area contributed by atoms with Crippen LogP contribution in [0.4, 0.5) is 4.79 Å². The first-order chi connectivity index (χ1) is 15.4. The van der Waals surface area contributed by atoms with Crippen LogP contribution < -0.4 is 10.1 Å². The number of hydrogen-bond acceptors (Lipinski definition) is 5. The Hall–Kier alpha value is -3.55. The van der Waals surface area contributed by atoms with Crippen LogP contribution in [0.25, 0.3) is 6.08 Å². The SMILES string of the molecule is O=C1NC(=O)N(Cc2ccco2)C(=O)C1=Cc1ccccc1OCc1ccc(Cl)cc1Cl. The molecule has 3 aromatic rings. The first-order valence-electron chi connectivity index (χ1n) is 9.49. The third kappa shape index (κ3) is 4.69. The number of ether oxygens (including phenoxy) is 1. The molecule has 1 N–H and O–H groups in total. The number of nitrogens with one attached hydrogen (secondary N) is 1. The maximum absolute atomic E-state index is 12.9. The van der Waals surface area contributed by atoms with Crippen molar-refractivity contribution in [3.8, 4) is 5.75 Å². The second kappa shape index (κ2) is 9.30. The van der Waals surface area contributed by atoms with Gasteiger partial charge in [-0.25, -0.2) is 4.79 Å². The van der Waals surface area contributed by atoms with Gasteiger partial charge in [0, 0.05) is 21.2 Å². The third-order valence-electron chi connectivity index (χ3n) is 4.70. The van der Waals surface area contributed by atoms with E-state index in [0.29, 0.717) is 27.1 Å². The summed E-state index contributed by atoms with van der Waals surface area (Å²) in [5.74, 6) is -0.677. The molecule has 0 aliphatic carbocycles. The van der Waals surface area contributed by atoms with Gasteiger partial charge in [-0.15, -0.1) is 0 Å². The molecule has 0 bridgehead atoms. The molecule has 0 radical (unpaired) electrons. The van der Waals surface area contributed by atoms with Crippen LogP contribution in [0.15, 0.2) is 70.9 Å². The molecular formula is C23H16Cl2N2O5. The average Bonchev–Trinajstić information content (AvgIpc) is 3.27. The Morgan fingerprint density at radius 3 is 2.59 bits per heavy atom. The van der Waals surface area contributed by atoms with Gasteiger partial charge in [0.1, 0.15) is 23.7 Å². The molecule has 1 aliphatic heterocycles. The summed E-state index contributed by atoms with van der Waals surface area (Å²) in [5, 5.41) is 3.15. The molecule has 1 aromatic heterocycles. The van der Waals surface area contributed by atoms with E-state index in [2.05, 4.69) is 5.32 Å². The molecule has 0 atom stereocenters. The van der Waals surface area contributed by atoms with E-state index < -0.39 is 17.8 Å². The Bertz CT molecular complexity index is 1220. The van der Waals surface area contributed by atoms with Crippen LogP contribution in [0, 0.1) is 0 Å². The standard InChI is InChI=1S/C23H16Cl2N2O5/c24-16-8-7-15(19(25)11-16)13-32-20-6-2-1-4-14(20)10-18-21(28)26-23(30)27(22(18)29)12-17-5-3-9-31-17/h1-11H,12-13H2,(H,26,28,30). The van der Waals surface area contributed by atoms with Crippen LogP contribution >= 0.6 is 23.2 Å². The molecule has 7 nitrogen and oxygen atoms in total. The first-order valence-corrected chi connectivity index (χ1v) is 10.2. The van der Waals surface area contributed by atoms with E-state index >= 15 is 0 Å². The van der Waals surface area contributed by atoms with Crippen molar-refractivity contribution in [1.82, 2.24) is 10.2 Å². The van der Waals surface area contributed by atoms with Crippen molar-refractivity contribution in [1.29, 1.82) is 0 Å². The van der Waals surface area contributed by atoms with Crippen LogP contribution in [0.1, 0.15) is 16.9 Å². The minimum absolute atomic E-state index is 0.102. The fourth-order valence-electron chi connectivity index (χ4n) is 3.08. The zero-order valence-electron chi connectivity index (χ0n) is 16.5. The lowest BCUT2D eigenvalue weighted by molar-refractivity contribution is -0.130. The highest BCUT2D eigenvalue weighted by Crippen LogP contribution is 2.27. The van der Waals surface area contributed by atoms with Gasteiger partial charge in [-0.05, 0) is 36.4 Å². The van der Waals surface area contributed by atoms with Crippen LogP contribution in [-0.2, 0) is 22.7 Å². The van der Waals surface area contributed by atoms with Crippen molar-refractivity contribution in [2.24, 2.45) is 0 Å². The minimum atomic E-state index is -0.810. The van der Waals surface area contributed by atoms with Crippen molar-refractivity contribution < 1.29 is 23.5 Å². The van der Waals surface area contributed by atoms with Gasteiger partial charge in [-0.2, -0.15) is 0 Å². The highest BCUT2D eigenvalue weighted by atomic mass is 35.5. The van der Waals surface area contributed by atoms with Crippen LogP contribution in [0.2, 0.25) is 10.0 Å². The number of amides is 4. The Labute approximate surface area is 193 Å². The number of benzene rings is 2. The molecule has 0 spiro atoms. The van der Waals surface area contributed by atoms with E-state index in [1.165, 1.54) is 12.3 Å². The van der Waals surface area contributed by atoms with Crippen molar-refractivity contribution in [2.75, 3.05) is 0 Å². The fraction of sp³-hybridized carbons (Fsp3) is 0.0870. The first kappa shape index (κ1) is 21.7. The van der Waals surface area contributed by atoms with E-state index in [1.54, 1.807) is 54.6 Å². The lowest BCUT2D eigenvalue weighted by Crippen LogP contribution is -2.53. The number of urea groups is 1. The lowest BCUT2D eigenvalue weighted by Gasteiger charge is -2.25. The zero-order chi connectivity index (χ0) is 22.7. The molecule has 2 heterocycles. The summed E-state index contributed by atoms with van der Waals surface area (Å²) in [4.78, 5) is 38.4. The molecule has 1 saturated heterocycles. The molecule has 1 fully saturated rings. The van der Waals surface area contributed by atoms with Crippen molar-refractivity contribution in [2.45, 2.75) is 13.2 Å². The van der Waals surface area contributed by atoms with E-state index in [1.807, 2.05) is 0 Å². The average molecular weight is 471 g/mol. The van der Waals surface area contributed by atoms with Gasteiger partial charge in [-0.1, -0.05) is 47.5 Å². The van der Waals surface area contributed by atoms with E-state index in [0.717, 1.165) is 10.5 Å². The second-order valence-electron chi connectivity index (χ2n) is 6.85. The molecular weight excluding hydrogens is 455 g/mol. The van der Waals surface area contributed by atoms with Gasteiger partial charge in [-0.3, -0.25) is 19.8 Å². The van der Waals surface area contributed by atoms with Gasteiger partial charge >= 0.3 is 6.03 Å². The predicted molar refractivity (Wildman–Crippen MR) is 118 cm³/mol. The van der Waals surface area contributed by atoms with E-state index in [9.17, 15) is 14.4 Å². The number of barbiturate groups is 1. The van der Waals surface area contributed by atoms with Crippen LogP contribution in [0.3, 0.4) is 0 Å². The highest BCUT2D eigenvalue weighted by molar-refractivity contribution is 6.35. The van der Waals surface area contributed by atoms with Gasteiger partial charge in [0.05, 0.1) is 12.8 Å². The number of rotatable bonds is 6. The Balaban J connectivity index is 1.59. The fourth-order valence-corrected chi connectivity index (χ4v) is 3.54. The summed E-state index contributed by atoms with van der Waals surface area (Å²) in [7, 11) is 0. The Morgan fingerprint density at radius 2 is 1.84 bits per heavy atom. The lowest BCUT2D eigenvalue weighted by atomic mass is 10.1. The van der Waals surface area contributed by atoms with Gasteiger partial charge in [0.25, 0.3) is 11.8 Å². The van der Waals surface area contributed by atoms with Crippen molar-refractivity contribution in [3.63, 3.8) is 0 Å². The van der Waals surface area contributed by atoms with E-state index in [4.69, 9.17) is 32.4 Å². The van der Waals surface area contributed by atoms with E-state index in [-0.39, 0.29) is 18.7 Å². The van der Waals surface area contributed by atoms with Crippen LogP contribution in [-0.4, -0.2) is 22.7 Å². The summed E-state index contributed by atoms with van der Waals surface area (Å²) in [6.45, 7) is 0.0505. The monoisotopic (exact) mass is 470 g/mol. The number of carbonyl (C=O) groups excluding carboxylic acids is 3. The third-order valence-corrected chi connectivity index (χ3v) is 5.28. The normalized spacial score (nSPS) is 15.2. The second-order valence-corrected chi connectivity index (χ2v) is 7.69. The summed E-state index contributed by atoms with van der Waals surface area (Å²) in [5.41, 5.74) is 1.01. The number of para-hydroxylation sites is 1. The summed E-state index contributed by atoms with van der Waals surface area (Å²) in [6.07, 6.45) is 2.82. The molecule has 4 rings (SSSR count). The maximum Gasteiger partial charge on any atom is 0.331 e. The molecule has 9 heteroatoms. The number of imide groups is 2. The van der Waals surface area contributed by atoms with Gasteiger partial charge in [0.15, 0.2) is 0 Å². The largest absolute Gasteiger partial charge is 0.488 e. The smallest absolute Gasteiger partial charge is 0.331 e. The van der Waals surface area contributed by atoms with Crippen LogP contribution in [0.5, 0.6) is 5.75 Å². The highest BCUT2D eigenvalue weighted by Gasteiger charge is 2.36. The number of furan rings is 1. The summed E-state index contributed by atoms with van der Waals surface area (Å²) < 4.78 is 11.1. The molecule has 2 aromatic carbocycles.